The van der Waals surface area contributed by atoms with Crippen molar-refractivity contribution in [2.75, 3.05) is 25.1 Å². The number of aromatic nitrogens is 2. The third-order valence-electron chi connectivity index (χ3n) is 6.72. The number of unbranched alkanes of at least 4 members (excludes halogenated alkanes) is 1. The Morgan fingerprint density at radius 3 is 2.47 bits per heavy atom. The summed E-state index contributed by atoms with van der Waals surface area (Å²) in [6.45, 7) is 6.73. The number of rotatable bonds is 16. The van der Waals surface area contributed by atoms with Crippen LogP contribution in [0, 0.1) is 0 Å². The molecule has 0 atom stereocenters. The number of imidazole rings is 1. The molecule has 0 fully saturated rings. The first-order valence-corrected chi connectivity index (χ1v) is 16.2. The van der Waals surface area contributed by atoms with E-state index in [1.54, 1.807) is 30.7 Å². The number of carbonyl (C=O) groups is 1. The second-order valence-corrected chi connectivity index (χ2v) is 12.1. The van der Waals surface area contributed by atoms with Gasteiger partial charge in [0.25, 0.3) is 0 Å². The van der Waals surface area contributed by atoms with Gasteiger partial charge in [0.15, 0.2) is 9.84 Å². The number of hydrogen-bond acceptors (Lipinski definition) is 6. The van der Waals surface area contributed by atoms with Gasteiger partial charge in [-0.15, -0.1) is 0 Å². The lowest BCUT2D eigenvalue weighted by Crippen LogP contribution is -2.11. The topological polar surface area (TPSA) is 99.5 Å². The van der Waals surface area contributed by atoms with Crippen LogP contribution in [0.2, 0.25) is 0 Å². The molecular formula is C34H39N3O5S. The van der Waals surface area contributed by atoms with Crippen molar-refractivity contribution in [3.05, 3.63) is 103 Å². The minimum absolute atomic E-state index is 0.132. The molecule has 1 N–H and O–H groups in total. The molecule has 43 heavy (non-hydrogen) atoms. The zero-order valence-electron chi connectivity index (χ0n) is 24.7. The van der Waals surface area contributed by atoms with Crippen LogP contribution in [0.1, 0.15) is 44.4 Å². The van der Waals surface area contributed by atoms with Crippen molar-refractivity contribution < 1.29 is 22.7 Å². The fourth-order valence-electron chi connectivity index (χ4n) is 4.42. The van der Waals surface area contributed by atoms with Crippen LogP contribution in [0.5, 0.6) is 5.75 Å². The maximum atomic E-state index is 12.9. The first-order chi connectivity index (χ1) is 20.9. The van der Waals surface area contributed by atoms with Crippen LogP contribution >= 0.6 is 0 Å². The van der Waals surface area contributed by atoms with Gasteiger partial charge in [0.1, 0.15) is 12.4 Å². The van der Waals surface area contributed by atoms with Crippen LogP contribution in [0.3, 0.4) is 0 Å². The zero-order chi connectivity index (χ0) is 30.5. The summed E-state index contributed by atoms with van der Waals surface area (Å²) in [6.07, 6.45) is 9.50. The Kier molecular flexibility index (Phi) is 11.7. The summed E-state index contributed by atoms with van der Waals surface area (Å²) in [5.41, 5.74) is 4.09. The van der Waals surface area contributed by atoms with Crippen molar-refractivity contribution in [2.45, 2.75) is 50.3 Å². The molecule has 4 rings (SSSR count). The fourth-order valence-corrected chi connectivity index (χ4v) is 5.77. The van der Waals surface area contributed by atoms with Crippen LogP contribution in [0.4, 0.5) is 5.69 Å². The molecule has 226 valence electrons. The molecule has 0 aliphatic rings. The minimum atomic E-state index is -3.55. The number of carbonyl (C=O) groups excluding carboxylic acids is 1. The smallest absolute Gasteiger partial charge is 0.248 e. The number of amides is 1. The first kappa shape index (κ1) is 31.7. The lowest BCUT2D eigenvalue weighted by molar-refractivity contribution is -0.111. The molecule has 4 aromatic rings. The van der Waals surface area contributed by atoms with Gasteiger partial charge in [-0.05, 0) is 78.1 Å². The Balaban J connectivity index is 1.30. The van der Waals surface area contributed by atoms with Gasteiger partial charge in [-0.25, -0.2) is 13.4 Å². The highest BCUT2D eigenvalue weighted by Crippen LogP contribution is 2.24. The maximum absolute atomic E-state index is 12.9. The van der Waals surface area contributed by atoms with Crippen LogP contribution in [0.15, 0.2) is 96.3 Å². The Morgan fingerprint density at radius 2 is 1.72 bits per heavy atom. The highest BCUT2D eigenvalue weighted by molar-refractivity contribution is 7.90. The number of anilines is 1. The lowest BCUT2D eigenvalue weighted by atomic mass is 10.0. The number of nitrogens with zero attached hydrogens (tertiary/aromatic N) is 2. The van der Waals surface area contributed by atoms with E-state index in [4.69, 9.17) is 9.47 Å². The van der Waals surface area contributed by atoms with Crippen molar-refractivity contribution in [1.82, 2.24) is 9.55 Å². The van der Waals surface area contributed by atoms with Gasteiger partial charge in [-0.3, -0.25) is 4.79 Å². The van der Waals surface area contributed by atoms with Crippen molar-refractivity contribution in [3.63, 3.8) is 0 Å². The summed E-state index contributed by atoms with van der Waals surface area (Å²) in [7, 11) is -3.55. The quantitative estimate of drug-likeness (QED) is 0.112. The third kappa shape index (κ3) is 9.66. The van der Waals surface area contributed by atoms with Crippen molar-refractivity contribution in [3.8, 4) is 16.9 Å². The van der Waals surface area contributed by atoms with E-state index in [9.17, 15) is 13.2 Å². The molecule has 0 saturated carbocycles. The average Bonchev–Trinajstić information content (AvgIpc) is 3.44. The predicted molar refractivity (Wildman–Crippen MR) is 171 cm³/mol. The second-order valence-electron chi connectivity index (χ2n) is 10.1. The van der Waals surface area contributed by atoms with E-state index >= 15 is 0 Å². The molecule has 0 unspecified atom stereocenters. The van der Waals surface area contributed by atoms with Gasteiger partial charge < -0.3 is 19.4 Å². The summed E-state index contributed by atoms with van der Waals surface area (Å²) in [6, 6.07) is 22.0. The van der Waals surface area contributed by atoms with E-state index < -0.39 is 9.84 Å². The molecule has 0 saturated heterocycles. The summed E-state index contributed by atoms with van der Waals surface area (Å²) in [5, 5.41) is 2.79. The fraction of sp³-hybridized carbons (Fsp3) is 0.294. The molecule has 0 bridgehead atoms. The standard InChI is InChI=1S/C34H39N3O5S/c1-3-5-20-41-21-22-42-32-14-10-28(11-15-32)29-8-6-7-27(23-29)9-18-34(38)36-30-12-16-33(17-13-30)43(39,40)25-31-24-35-26-37(31)19-4-2/h6-18,23-24,26H,3-5,19-22,25H2,1-2H3,(H,36,38)/b18-9+. The molecule has 0 radical (unpaired) electrons. The molecule has 1 heterocycles. The third-order valence-corrected chi connectivity index (χ3v) is 8.39. The van der Waals surface area contributed by atoms with Crippen LogP contribution in [0.25, 0.3) is 17.2 Å². The molecule has 8 nitrogen and oxygen atoms in total. The van der Waals surface area contributed by atoms with Crippen LogP contribution in [-0.4, -0.2) is 43.7 Å². The minimum Gasteiger partial charge on any atom is -0.491 e. The number of nitrogens with one attached hydrogen (secondary N) is 1. The predicted octanol–water partition coefficient (Wildman–Crippen LogP) is 6.78. The van der Waals surface area contributed by atoms with E-state index in [0.717, 1.165) is 48.3 Å². The van der Waals surface area contributed by atoms with Crippen molar-refractivity contribution in [2.24, 2.45) is 0 Å². The monoisotopic (exact) mass is 601 g/mol. The largest absolute Gasteiger partial charge is 0.491 e. The zero-order valence-corrected chi connectivity index (χ0v) is 25.6. The van der Waals surface area contributed by atoms with Gasteiger partial charge >= 0.3 is 0 Å². The SMILES string of the molecule is CCCCOCCOc1ccc(-c2cccc(/C=C/C(=O)Nc3ccc(S(=O)(=O)Cc4cncn4CCC)cc3)c2)cc1. The molecular weight excluding hydrogens is 562 g/mol. The molecule has 3 aromatic carbocycles. The average molecular weight is 602 g/mol. The van der Waals surface area contributed by atoms with E-state index in [-0.39, 0.29) is 16.6 Å². The number of ether oxygens (including phenoxy) is 2. The second kappa shape index (κ2) is 15.9. The molecule has 1 aromatic heterocycles. The maximum Gasteiger partial charge on any atom is 0.248 e. The van der Waals surface area contributed by atoms with E-state index in [2.05, 4.69) is 17.2 Å². The summed E-state index contributed by atoms with van der Waals surface area (Å²) < 4.78 is 39.0. The molecule has 0 aliphatic carbocycles. The van der Waals surface area contributed by atoms with Crippen molar-refractivity contribution >= 4 is 27.5 Å². The van der Waals surface area contributed by atoms with Gasteiger partial charge in [0.05, 0.1) is 29.3 Å². The van der Waals surface area contributed by atoms with Crippen LogP contribution in [-0.2, 0) is 31.7 Å². The van der Waals surface area contributed by atoms with E-state index in [1.165, 1.54) is 18.2 Å². The highest BCUT2D eigenvalue weighted by Gasteiger charge is 2.18. The van der Waals surface area contributed by atoms with Gasteiger partial charge in [0, 0.05) is 31.1 Å². The molecule has 0 spiro atoms. The summed E-state index contributed by atoms with van der Waals surface area (Å²) in [5.74, 6) is 0.345. The van der Waals surface area contributed by atoms with Gasteiger partial charge in [0.2, 0.25) is 5.91 Å². The number of sulfone groups is 1. The van der Waals surface area contributed by atoms with Gasteiger partial charge in [-0.2, -0.15) is 0 Å². The number of hydrogen-bond donors (Lipinski definition) is 1. The van der Waals surface area contributed by atoms with Crippen molar-refractivity contribution in [1.29, 1.82) is 0 Å². The molecule has 9 heteroatoms. The first-order valence-electron chi connectivity index (χ1n) is 14.6. The highest BCUT2D eigenvalue weighted by atomic mass is 32.2. The summed E-state index contributed by atoms with van der Waals surface area (Å²) >= 11 is 0. The molecule has 0 aliphatic heterocycles. The lowest BCUT2D eigenvalue weighted by Gasteiger charge is -2.09. The Hall–Kier alpha value is -4.21. The normalized spacial score (nSPS) is 11.6. The molecule has 1 amide bonds. The Bertz CT molecular complexity index is 1590. The van der Waals surface area contributed by atoms with Gasteiger partial charge in [-0.1, -0.05) is 50.6 Å². The van der Waals surface area contributed by atoms with E-state index in [1.807, 2.05) is 60.0 Å². The van der Waals surface area contributed by atoms with Crippen LogP contribution < -0.4 is 10.1 Å². The van der Waals surface area contributed by atoms with E-state index in [0.29, 0.717) is 31.1 Å². The Morgan fingerprint density at radius 1 is 0.930 bits per heavy atom. The number of aryl methyl sites for hydroxylation is 1. The number of benzene rings is 3. The summed E-state index contributed by atoms with van der Waals surface area (Å²) in [4.78, 5) is 16.9. The Labute approximate surface area is 254 Å².